The summed E-state index contributed by atoms with van der Waals surface area (Å²) in [6.07, 6.45) is 5.89. The number of amides is 2. The Hall–Kier alpha value is -3.88. The first-order valence-corrected chi connectivity index (χ1v) is 9.75. The molecule has 4 rings (SSSR count). The van der Waals surface area contributed by atoms with Crippen molar-refractivity contribution in [3.63, 3.8) is 0 Å². The molecule has 9 nitrogen and oxygen atoms in total. The molecule has 1 aliphatic rings. The number of aromatic nitrogens is 3. The van der Waals surface area contributed by atoms with Crippen molar-refractivity contribution in [1.82, 2.24) is 25.2 Å². The predicted molar refractivity (Wildman–Crippen MR) is 115 cm³/mol. The smallest absolute Gasteiger partial charge is 0.267 e. The van der Waals surface area contributed by atoms with E-state index in [0.29, 0.717) is 36.0 Å². The standard InChI is InChI=1S/C21H23N7O2/c1-22-21(30)17(24-13-29)9-15-12-25-28-19(26-16-7-8-16)10-18(27-20(15)28)23-11-14-5-3-2-4-6-14/h2-6,9-10,12-13,16,26H,7-8,11H2,1H3,(H,22,30)(H,23,27)(H,24,29)/b17-9-. The summed E-state index contributed by atoms with van der Waals surface area (Å²) in [6, 6.07) is 12.4. The van der Waals surface area contributed by atoms with Crippen LogP contribution in [-0.2, 0) is 16.1 Å². The number of carbonyl (C=O) groups excluding carboxylic acids is 2. The van der Waals surface area contributed by atoms with E-state index >= 15 is 0 Å². The largest absolute Gasteiger partial charge is 0.367 e. The van der Waals surface area contributed by atoms with E-state index in [4.69, 9.17) is 4.98 Å². The summed E-state index contributed by atoms with van der Waals surface area (Å²) in [7, 11) is 1.50. The van der Waals surface area contributed by atoms with Crippen molar-refractivity contribution < 1.29 is 9.59 Å². The molecule has 1 saturated carbocycles. The lowest BCUT2D eigenvalue weighted by molar-refractivity contribution is -0.118. The second kappa shape index (κ2) is 8.64. The molecule has 9 heteroatoms. The fraction of sp³-hybridized carbons (Fsp3) is 0.238. The van der Waals surface area contributed by atoms with Gasteiger partial charge >= 0.3 is 0 Å². The van der Waals surface area contributed by atoms with E-state index in [1.54, 1.807) is 16.8 Å². The molecule has 2 aromatic heterocycles. The van der Waals surface area contributed by atoms with Gasteiger partial charge in [0.2, 0.25) is 6.41 Å². The highest BCUT2D eigenvalue weighted by Gasteiger charge is 2.23. The van der Waals surface area contributed by atoms with Crippen LogP contribution in [0.4, 0.5) is 11.6 Å². The molecule has 0 radical (unpaired) electrons. The topological polar surface area (TPSA) is 112 Å². The van der Waals surface area contributed by atoms with Crippen LogP contribution in [0, 0.1) is 0 Å². The number of hydrogen-bond donors (Lipinski definition) is 4. The molecule has 4 N–H and O–H groups in total. The number of anilines is 2. The van der Waals surface area contributed by atoms with Crippen molar-refractivity contribution in [2.75, 3.05) is 17.7 Å². The van der Waals surface area contributed by atoms with E-state index in [1.807, 2.05) is 36.4 Å². The van der Waals surface area contributed by atoms with Gasteiger partial charge in [-0.05, 0) is 24.5 Å². The van der Waals surface area contributed by atoms with Gasteiger partial charge in [0.1, 0.15) is 17.3 Å². The molecule has 1 fully saturated rings. The molecular formula is C21H23N7O2. The average Bonchev–Trinajstić information content (AvgIpc) is 3.50. The lowest BCUT2D eigenvalue weighted by Gasteiger charge is -2.12. The van der Waals surface area contributed by atoms with Gasteiger partial charge in [-0.1, -0.05) is 30.3 Å². The Morgan fingerprint density at radius 2 is 2.07 bits per heavy atom. The second-order valence-corrected chi connectivity index (χ2v) is 7.02. The molecule has 30 heavy (non-hydrogen) atoms. The monoisotopic (exact) mass is 405 g/mol. The number of hydrogen-bond acceptors (Lipinski definition) is 6. The predicted octanol–water partition coefficient (Wildman–Crippen LogP) is 1.75. The van der Waals surface area contributed by atoms with Crippen molar-refractivity contribution in [3.8, 4) is 0 Å². The Kier molecular flexibility index (Phi) is 5.60. The summed E-state index contributed by atoms with van der Waals surface area (Å²) in [5.41, 5.74) is 2.45. The molecule has 0 bridgehead atoms. The fourth-order valence-corrected chi connectivity index (χ4v) is 3.03. The van der Waals surface area contributed by atoms with Gasteiger partial charge in [-0.2, -0.15) is 9.61 Å². The number of carbonyl (C=O) groups is 2. The van der Waals surface area contributed by atoms with Gasteiger partial charge < -0.3 is 21.3 Å². The molecular weight excluding hydrogens is 382 g/mol. The van der Waals surface area contributed by atoms with Crippen molar-refractivity contribution in [2.24, 2.45) is 0 Å². The normalized spacial score (nSPS) is 13.7. The molecule has 0 saturated heterocycles. The third-order valence-corrected chi connectivity index (χ3v) is 4.73. The minimum Gasteiger partial charge on any atom is -0.367 e. The summed E-state index contributed by atoms with van der Waals surface area (Å²) >= 11 is 0. The zero-order valence-corrected chi connectivity index (χ0v) is 16.6. The summed E-state index contributed by atoms with van der Waals surface area (Å²) in [4.78, 5) is 27.6. The van der Waals surface area contributed by atoms with E-state index in [9.17, 15) is 9.59 Å². The van der Waals surface area contributed by atoms with E-state index in [0.717, 1.165) is 24.2 Å². The summed E-state index contributed by atoms with van der Waals surface area (Å²) in [5, 5.41) is 16.2. The zero-order valence-electron chi connectivity index (χ0n) is 16.6. The molecule has 2 amide bonds. The maximum Gasteiger partial charge on any atom is 0.267 e. The highest BCUT2D eigenvalue weighted by atomic mass is 16.2. The van der Waals surface area contributed by atoms with E-state index < -0.39 is 5.91 Å². The van der Waals surface area contributed by atoms with E-state index in [2.05, 4.69) is 26.4 Å². The third kappa shape index (κ3) is 4.40. The minimum absolute atomic E-state index is 0.114. The number of likely N-dealkylation sites (N-methyl/N-ethyl adjacent to an activating group) is 1. The fourth-order valence-electron chi connectivity index (χ4n) is 3.03. The molecule has 0 unspecified atom stereocenters. The van der Waals surface area contributed by atoms with E-state index in [-0.39, 0.29) is 5.70 Å². The van der Waals surface area contributed by atoms with Crippen LogP contribution in [0.15, 0.2) is 48.3 Å². The maximum absolute atomic E-state index is 12.0. The van der Waals surface area contributed by atoms with E-state index in [1.165, 1.54) is 7.05 Å². The van der Waals surface area contributed by atoms with Gasteiger partial charge in [0.25, 0.3) is 5.91 Å². The Bertz CT molecular complexity index is 1090. The molecule has 1 aromatic carbocycles. The maximum atomic E-state index is 12.0. The van der Waals surface area contributed by atoms with Crippen LogP contribution in [0.1, 0.15) is 24.0 Å². The first-order chi connectivity index (χ1) is 14.7. The lowest BCUT2D eigenvalue weighted by Crippen LogP contribution is -2.28. The average molecular weight is 405 g/mol. The van der Waals surface area contributed by atoms with Gasteiger partial charge in [-0.15, -0.1) is 0 Å². The van der Waals surface area contributed by atoms with Crippen molar-refractivity contribution in [2.45, 2.75) is 25.4 Å². The van der Waals surface area contributed by atoms with Crippen LogP contribution in [-0.4, -0.2) is 40.0 Å². The van der Waals surface area contributed by atoms with Crippen LogP contribution in [0.2, 0.25) is 0 Å². The van der Waals surface area contributed by atoms with Crippen LogP contribution < -0.4 is 21.3 Å². The number of nitrogens with zero attached hydrogens (tertiary/aromatic N) is 3. The molecule has 0 aliphatic heterocycles. The van der Waals surface area contributed by atoms with Gasteiger partial charge in [-0.3, -0.25) is 9.59 Å². The molecule has 3 aromatic rings. The third-order valence-electron chi connectivity index (χ3n) is 4.73. The molecule has 0 spiro atoms. The Morgan fingerprint density at radius 3 is 2.77 bits per heavy atom. The number of benzene rings is 1. The highest BCUT2D eigenvalue weighted by molar-refractivity contribution is 5.99. The number of fused-ring (bicyclic) bond motifs is 1. The van der Waals surface area contributed by atoms with Crippen LogP contribution in [0.25, 0.3) is 11.7 Å². The van der Waals surface area contributed by atoms with Gasteiger partial charge in [-0.25, -0.2) is 4.98 Å². The van der Waals surface area contributed by atoms with Crippen LogP contribution in [0.5, 0.6) is 0 Å². The first-order valence-electron chi connectivity index (χ1n) is 9.75. The Balaban J connectivity index is 1.71. The quantitative estimate of drug-likeness (QED) is 0.319. The Morgan fingerprint density at radius 1 is 1.27 bits per heavy atom. The van der Waals surface area contributed by atoms with Crippen LogP contribution in [0.3, 0.4) is 0 Å². The van der Waals surface area contributed by atoms with Crippen molar-refractivity contribution in [1.29, 1.82) is 0 Å². The van der Waals surface area contributed by atoms with Crippen LogP contribution >= 0.6 is 0 Å². The SMILES string of the molecule is CNC(=O)/C(=C/c1cnn2c(NC3CC3)cc(NCc3ccccc3)nc12)NC=O. The lowest BCUT2D eigenvalue weighted by atomic mass is 10.2. The highest BCUT2D eigenvalue weighted by Crippen LogP contribution is 2.27. The number of nitrogens with one attached hydrogen (secondary N) is 4. The van der Waals surface area contributed by atoms with Gasteiger partial charge in [0.15, 0.2) is 5.65 Å². The molecule has 0 atom stereocenters. The van der Waals surface area contributed by atoms with Gasteiger partial charge in [0.05, 0.1) is 6.20 Å². The first kappa shape index (κ1) is 19.4. The van der Waals surface area contributed by atoms with Crippen molar-refractivity contribution >= 4 is 35.7 Å². The van der Waals surface area contributed by atoms with Crippen molar-refractivity contribution in [3.05, 3.63) is 59.4 Å². The summed E-state index contributed by atoms with van der Waals surface area (Å²) in [6.45, 7) is 0.627. The summed E-state index contributed by atoms with van der Waals surface area (Å²) < 4.78 is 1.71. The number of rotatable bonds is 9. The molecule has 2 heterocycles. The second-order valence-electron chi connectivity index (χ2n) is 7.02. The molecule has 154 valence electrons. The Labute approximate surface area is 173 Å². The summed E-state index contributed by atoms with van der Waals surface area (Å²) in [5.74, 6) is 1.10. The molecule has 1 aliphatic carbocycles. The zero-order chi connectivity index (χ0) is 20.9. The van der Waals surface area contributed by atoms with Gasteiger partial charge in [0, 0.05) is 31.3 Å². The minimum atomic E-state index is -0.406.